The highest BCUT2D eigenvalue weighted by Gasteiger charge is 2.37. The van der Waals surface area contributed by atoms with E-state index in [1.54, 1.807) is 20.2 Å². The second-order valence-electron chi connectivity index (χ2n) is 9.53. The molecule has 0 saturated heterocycles. The van der Waals surface area contributed by atoms with Crippen molar-refractivity contribution in [2.75, 3.05) is 46.9 Å². The monoisotopic (exact) mass is 592 g/mol. The van der Waals surface area contributed by atoms with Gasteiger partial charge in [-0.25, -0.2) is 4.39 Å². The zero-order valence-electron chi connectivity index (χ0n) is 25.0. The molecule has 1 unspecified atom stereocenters. The zero-order chi connectivity index (χ0) is 30.6. The topological polar surface area (TPSA) is 99.8 Å². The highest BCUT2D eigenvalue weighted by Crippen LogP contribution is 2.33. The third-order valence-electron chi connectivity index (χ3n) is 6.13. The summed E-state index contributed by atoms with van der Waals surface area (Å²) >= 11 is 5.61. The van der Waals surface area contributed by atoms with Crippen LogP contribution in [0.25, 0.3) is 0 Å². The number of rotatable bonds is 15. The second-order valence-corrected chi connectivity index (χ2v) is 9.97. The van der Waals surface area contributed by atoms with Crippen molar-refractivity contribution < 1.29 is 23.5 Å². The van der Waals surface area contributed by atoms with Gasteiger partial charge in [-0.2, -0.15) is 0 Å². The van der Waals surface area contributed by atoms with Crippen LogP contribution in [-0.4, -0.2) is 75.9 Å². The van der Waals surface area contributed by atoms with Crippen molar-refractivity contribution in [2.45, 2.75) is 52.5 Å². The molecule has 2 aromatic carbocycles. The Morgan fingerprint density at radius 1 is 1.15 bits per heavy atom. The first-order valence-electron chi connectivity index (χ1n) is 14.2. The largest absolute Gasteiger partial charge is 0.492 e. The summed E-state index contributed by atoms with van der Waals surface area (Å²) in [6.45, 7) is 7.62. The number of aldehydes is 1. The van der Waals surface area contributed by atoms with E-state index in [0.29, 0.717) is 38.0 Å². The van der Waals surface area contributed by atoms with Crippen molar-refractivity contribution in [3.63, 3.8) is 0 Å². The molecular weight excluding hydrogens is 547 g/mol. The summed E-state index contributed by atoms with van der Waals surface area (Å²) < 4.78 is 19.5. The number of hydrogen-bond acceptors (Lipinski definition) is 6. The highest BCUT2D eigenvalue weighted by atomic mass is 35.5. The van der Waals surface area contributed by atoms with Gasteiger partial charge >= 0.3 is 0 Å². The van der Waals surface area contributed by atoms with Crippen LogP contribution in [0.3, 0.4) is 0 Å². The van der Waals surface area contributed by atoms with Gasteiger partial charge in [0.2, 0.25) is 11.8 Å². The van der Waals surface area contributed by atoms with E-state index in [4.69, 9.17) is 16.3 Å². The van der Waals surface area contributed by atoms with E-state index in [1.165, 1.54) is 22.6 Å². The average Bonchev–Trinajstić information content (AvgIpc) is 3.80. The first kappa shape index (κ1) is 36.0. The zero-order valence-corrected chi connectivity index (χ0v) is 25.7. The van der Waals surface area contributed by atoms with Gasteiger partial charge in [0.1, 0.15) is 24.5 Å². The van der Waals surface area contributed by atoms with Crippen LogP contribution in [0.2, 0.25) is 5.02 Å². The minimum Gasteiger partial charge on any atom is -0.492 e. The molecule has 1 aliphatic carbocycles. The summed E-state index contributed by atoms with van der Waals surface area (Å²) in [6.07, 6.45) is 4.03. The van der Waals surface area contributed by atoms with Crippen LogP contribution in [0.15, 0.2) is 42.5 Å². The van der Waals surface area contributed by atoms with E-state index < -0.39 is 0 Å². The molecule has 0 bridgehead atoms. The molecule has 0 heterocycles. The third kappa shape index (κ3) is 15.0. The van der Waals surface area contributed by atoms with Crippen molar-refractivity contribution >= 4 is 29.7 Å². The fraction of sp³-hybridized carbons (Fsp3) is 0.516. The molecule has 0 spiro atoms. The molecule has 0 aromatic heterocycles. The van der Waals surface area contributed by atoms with Crippen LogP contribution >= 0.6 is 11.6 Å². The van der Waals surface area contributed by atoms with Gasteiger partial charge in [-0.3, -0.25) is 9.59 Å². The number of carbonyl (C=O) groups excluding carboxylic acids is 3. The fourth-order valence-corrected chi connectivity index (χ4v) is 3.96. The molecule has 2 amide bonds. The molecule has 10 heteroatoms. The first-order chi connectivity index (χ1) is 19.7. The third-order valence-corrected chi connectivity index (χ3v) is 6.38. The summed E-state index contributed by atoms with van der Waals surface area (Å²) in [5.41, 5.74) is 2.11. The van der Waals surface area contributed by atoms with Crippen LogP contribution in [0.1, 0.15) is 44.2 Å². The number of halogens is 2. The maximum absolute atomic E-state index is 13.7. The molecule has 228 valence electrons. The molecule has 2 aromatic rings. The van der Waals surface area contributed by atoms with E-state index in [-0.39, 0.29) is 49.3 Å². The summed E-state index contributed by atoms with van der Waals surface area (Å²) in [5, 5.41) is 9.62. The molecule has 1 saturated carbocycles. The Kier molecular flexibility index (Phi) is 18.3. The number of hydrogen-bond donors (Lipinski definition) is 3. The van der Waals surface area contributed by atoms with Crippen LogP contribution in [-0.2, 0) is 20.8 Å². The second kappa shape index (κ2) is 20.8. The highest BCUT2D eigenvalue weighted by molar-refractivity contribution is 6.30. The Morgan fingerprint density at radius 2 is 1.83 bits per heavy atom. The molecule has 0 aliphatic heterocycles. The summed E-state index contributed by atoms with van der Waals surface area (Å²) in [5.74, 6) is 0.208. The fourth-order valence-electron chi connectivity index (χ4n) is 3.83. The van der Waals surface area contributed by atoms with E-state index in [1.807, 2.05) is 45.0 Å². The van der Waals surface area contributed by atoms with Crippen LogP contribution < -0.4 is 20.7 Å². The Morgan fingerprint density at radius 3 is 2.41 bits per heavy atom. The predicted octanol–water partition coefficient (Wildman–Crippen LogP) is 4.17. The number of likely N-dealkylation sites (N-methyl/N-ethyl adjacent to an activating group) is 2. The molecule has 1 fully saturated rings. The Hall–Kier alpha value is -3.01. The quantitative estimate of drug-likeness (QED) is 0.212. The lowest BCUT2D eigenvalue weighted by Gasteiger charge is -2.23. The van der Waals surface area contributed by atoms with Gasteiger partial charge in [0.05, 0.1) is 19.1 Å². The first-order valence-corrected chi connectivity index (χ1v) is 14.6. The minimum absolute atomic E-state index is 0.0669. The normalized spacial score (nSPS) is 12.6. The summed E-state index contributed by atoms with van der Waals surface area (Å²) in [7, 11) is 3.33. The average molecular weight is 593 g/mol. The van der Waals surface area contributed by atoms with Gasteiger partial charge in [-0.05, 0) is 69.3 Å². The lowest BCUT2D eigenvalue weighted by Crippen LogP contribution is -2.48. The summed E-state index contributed by atoms with van der Waals surface area (Å²) in [6, 6.07) is 11.9. The molecular formula is C31H46ClFN4O4. The number of ether oxygens (including phenoxy) is 1. The maximum Gasteiger partial charge on any atom is 0.240 e. The Balaban J connectivity index is 0.000000711. The van der Waals surface area contributed by atoms with Crippen LogP contribution in [0, 0.1) is 18.7 Å². The van der Waals surface area contributed by atoms with Gasteiger partial charge in [0.25, 0.3) is 0 Å². The smallest absolute Gasteiger partial charge is 0.240 e. The SMILES string of the molecule is CC.CNCC(=O)NCCCc1ccc(F)cc1OCCNC(C(=O)N(C)CC=O)C1CC1.Cc1ccc(Cl)cc1. The van der Waals surface area contributed by atoms with Crippen molar-refractivity contribution in [3.05, 3.63) is 64.4 Å². The van der Waals surface area contributed by atoms with Crippen molar-refractivity contribution in [1.82, 2.24) is 20.9 Å². The number of carbonyl (C=O) groups is 3. The van der Waals surface area contributed by atoms with Crippen LogP contribution in [0.4, 0.5) is 4.39 Å². The summed E-state index contributed by atoms with van der Waals surface area (Å²) in [4.78, 5) is 36.1. The van der Waals surface area contributed by atoms with Gasteiger partial charge in [-0.1, -0.05) is 49.2 Å². The van der Waals surface area contributed by atoms with Gasteiger partial charge < -0.3 is 30.4 Å². The maximum atomic E-state index is 13.7. The van der Waals surface area contributed by atoms with E-state index in [0.717, 1.165) is 23.4 Å². The Labute approximate surface area is 249 Å². The Bertz CT molecular complexity index is 1030. The van der Waals surface area contributed by atoms with E-state index in [2.05, 4.69) is 16.0 Å². The van der Waals surface area contributed by atoms with Gasteiger partial charge in [0.15, 0.2) is 0 Å². The van der Waals surface area contributed by atoms with Crippen LogP contribution in [0.5, 0.6) is 5.75 Å². The number of aryl methyl sites for hydroxylation is 2. The lowest BCUT2D eigenvalue weighted by atomic mass is 10.1. The molecule has 8 nitrogen and oxygen atoms in total. The minimum atomic E-state index is -0.379. The van der Waals surface area contributed by atoms with Crippen molar-refractivity contribution in [1.29, 1.82) is 0 Å². The van der Waals surface area contributed by atoms with Gasteiger partial charge in [0, 0.05) is 31.2 Å². The number of amides is 2. The predicted molar refractivity (Wildman–Crippen MR) is 163 cm³/mol. The lowest BCUT2D eigenvalue weighted by molar-refractivity contribution is -0.134. The van der Waals surface area contributed by atoms with E-state index in [9.17, 15) is 18.8 Å². The number of nitrogens with zero attached hydrogens (tertiary/aromatic N) is 1. The molecule has 1 aliphatic rings. The van der Waals surface area contributed by atoms with Crippen molar-refractivity contribution in [2.24, 2.45) is 5.92 Å². The van der Waals surface area contributed by atoms with E-state index >= 15 is 0 Å². The number of benzene rings is 2. The molecule has 3 N–H and O–H groups in total. The molecule has 1 atom stereocenters. The van der Waals surface area contributed by atoms with Crippen molar-refractivity contribution in [3.8, 4) is 5.75 Å². The molecule has 0 radical (unpaired) electrons. The molecule has 41 heavy (non-hydrogen) atoms. The standard InChI is InChI=1S/C22H33FN4O4.C7H7Cl.C2H6/c1-24-15-20(29)25-9-3-4-16-7-8-18(23)14-19(16)31-13-10-26-21(17-5-6-17)22(30)27(2)11-12-28;1-6-2-4-7(8)5-3-6;1-2/h7-8,12,14,17,21,24,26H,3-6,9-11,13,15H2,1-2H3,(H,25,29);2-5H,1H3;1-2H3. The molecule has 3 rings (SSSR count). The number of nitrogens with one attached hydrogen (secondary N) is 3. The van der Waals surface area contributed by atoms with Gasteiger partial charge in [-0.15, -0.1) is 0 Å².